The molecular weight excluding hydrogens is 162 g/mol. The van der Waals surface area contributed by atoms with E-state index >= 15 is 0 Å². The molecule has 0 radical (unpaired) electrons. The molecule has 0 saturated carbocycles. The van der Waals surface area contributed by atoms with Gasteiger partial charge >= 0.3 is 0 Å². The van der Waals surface area contributed by atoms with Gasteiger partial charge in [0.05, 0.1) is 12.3 Å². The standard InChI is InChI=1S/C11H13NO/c1-3-4-9-7-12-8(2)11-10(9)5-6-13-11/h3-4,7H,5-6H2,1-2H3. The summed E-state index contributed by atoms with van der Waals surface area (Å²) in [6.07, 6.45) is 7.05. The lowest BCUT2D eigenvalue weighted by atomic mass is 10.1. The highest BCUT2D eigenvalue weighted by molar-refractivity contribution is 5.58. The molecule has 1 aliphatic heterocycles. The maximum atomic E-state index is 5.52. The first kappa shape index (κ1) is 8.30. The average molecular weight is 175 g/mol. The van der Waals surface area contributed by atoms with Crippen molar-refractivity contribution in [1.29, 1.82) is 0 Å². The molecule has 0 unspecified atom stereocenters. The fourth-order valence-corrected chi connectivity index (χ4v) is 1.68. The molecule has 1 aliphatic rings. The molecule has 1 aromatic heterocycles. The third kappa shape index (κ3) is 1.32. The lowest BCUT2D eigenvalue weighted by Crippen LogP contribution is -1.90. The van der Waals surface area contributed by atoms with Crippen LogP contribution in [-0.4, -0.2) is 11.6 Å². The Kier molecular flexibility index (Phi) is 2.05. The van der Waals surface area contributed by atoms with E-state index in [2.05, 4.69) is 11.1 Å². The summed E-state index contributed by atoms with van der Waals surface area (Å²) < 4.78 is 5.52. The van der Waals surface area contributed by atoms with Gasteiger partial charge in [-0.2, -0.15) is 0 Å². The van der Waals surface area contributed by atoms with E-state index < -0.39 is 0 Å². The summed E-state index contributed by atoms with van der Waals surface area (Å²) >= 11 is 0. The molecule has 0 aromatic carbocycles. The Balaban J connectivity index is 2.55. The number of ether oxygens (including phenoxy) is 1. The van der Waals surface area contributed by atoms with Gasteiger partial charge in [0, 0.05) is 18.2 Å². The van der Waals surface area contributed by atoms with Crippen LogP contribution in [0.4, 0.5) is 0 Å². The van der Waals surface area contributed by atoms with Gasteiger partial charge < -0.3 is 4.74 Å². The minimum Gasteiger partial charge on any atom is -0.491 e. The topological polar surface area (TPSA) is 22.1 Å². The maximum Gasteiger partial charge on any atom is 0.144 e. The predicted octanol–water partition coefficient (Wildman–Crippen LogP) is 2.36. The van der Waals surface area contributed by atoms with Gasteiger partial charge in [0.2, 0.25) is 0 Å². The molecule has 0 N–H and O–H groups in total. The van der Waals surface area contributed by atoms with Crippen LogP contribution in [0.15, 0.2) is 12.3 Å². The number of aryl methyl sites for hydroxylation is 1. The van der Waals surface area contributed by atoms with Gasteiger partial charge in [-0.15, -0.1) is 0 Å². The van der Waals surface area contributed by atoms with Crippen LogP contribution >= 0.6 is 0 Å². The first-order chi connectivity index (χ1) is 6.33. The molecule has 0 aliphatic carbocycles. The van der Waals surface area contributed by atoms with Crippen LogP contribution in [0.1, 0.15) is 23.7 Å². The van der Waals surface area contributed by atoms with Crippen LogP contribution in [0.3, 0.4) is 0 Å². The van der Waals surface area contributed by atoms with Crippen LogP contribution in [0.5, 0.6) is 5.75 Å². The summed E-state index contributed by atoms with van der Waals surface area (Å²) in [6.45, 7) is 4.80. The second kappa shape index (κ2) is 3.21. The van der Waals surface area contributed by atoms with Gasteiger partial charge in [-0.25, -0.2) is 0 Å². The van der Waals surface area contributed by atoms with Gasteiger partial charge in [0.15, 0.2) is 0 Å². The van der Waals surface area contributed by atoms with Crippen LogP contribution in [-0.2, 0) is 6.42 Å². The number of allylic oxidation sites excluding steroid dienone is 1. The molecule has 0 atom stereocenters. The van der Waals surface area contributed by atoms with E-state index in [-0.39, 0.29) is 0 Å². The van der Waals surface area contributed by atoms with Crippen molar-refractivity contribution in [2.75, 3.05) is 6.61 Å². The minimum absolute atomic E-state index is 0.798. The van der Waals surface area contributed by atoms with Crippen LogP contribution in [0, 0.1) is 6.92 Å². The predicted molar refractivity (Wildman–Crippen MR) is 52.9 cm³/mol. The van der Waals surface area contributed by atoms with Gasteiger partial charge in [-0.1, -0.05) is 12.2 Å². The fourth-order valence-electron chi connectivity index (χ4n) is 1.68. The first-order valence-corrected chi connectivity index (χ1v) is 4.57. The zero-order chi connectivity index (χ0) is 9.26. The quantitative estimate of drug-likeness (QED) is 0.653. The highest BCUT2D eigenvalue weighted by Crippen LogP contribution is 2.30. The second-order valence-corrected chi connectivity index (χ2v) is 3.21. The Hall–Kier alpha value is -1.31. The Labute approximate surface area is 78.3 Å². The van der Waals surface area contributed by atoms with Crippen molar-refractivity contribution in [3.63, 3.8) is 0 Å². The van der Waals surface area contributed by atoms with E-state index in [1.807, 2.05) is 26.1 Å². The van der Waals surface area contributed by atoms with Gasteiger partial charge in [-0.05, 0) is 19.4 Å². The molecule has 2 nitrogen and oxygen atoms in total. The molecular formula is C11H13NO. The summed E-state index contributed by atoms with van der Waals surface area (Å²) in [5, 5.41) is 0. The monoisotopic (exact) mass is 175 g/mol. The number of aromatic nitrogens is 1. The zero-order valence-electron chi connectivity index (χ0n) is 8.00. The van der Waals surface area contributed by atoms with E-state index in [9.17, 15) is 0 Å². The van der Waals surface area contributed by atoms with Crippen molar-refractivity contribution >= 4 is 6.08 Å². The van der Waals surface area contributed by atoms with Crippen molar-refractivity contribution in [3.8, 4) is 5.75 Å². The van der Waals surface area contributed by atoms with E-state index in [1.54, 1.807) is 0 Å². The van der Waals surface area contributed by atoms with Gasteiger partial charge in [-0.3, -0.25) is 4.98 Å². The lowest BCUT2D eigenvalue weighted by Gasteiger charge is -2.04. The molecule has 0 bridgehead atoms. The molecule has 0 spiro atoms. The van der Waals surface area contributed by atoms with Crippen LogP contribution in [0.25, 0.3) is 6.08 Å². The normalized spacial score (nSPS) is 14.6. The summed E-state index contributed by atoms with van der Waals surface area (Å²) in [5.41, 5.74) is 3.51. The van der Waals surface area contributed by atoms with Crippen molar-refractivity contribution in [3.05, 3.63) is 29.1 Å². The van der Waals surface area contributed by atoms with Crippen LogP contribution in [0.2, 0.25) is 0 Å². The van der Waals surface area contributed by atoms with Crippen molar-refractivity contribution in [2.45, 2.75) is 20.3 Å². The molecule has 0 amide bonds. The third-order valence-corrected chi connectivity index (χ3v) is 2.29. The minimum atomic E-state index is 0.798. The van der Waals surface area contributed by atoms with E-state index in [0.717, 1.165) is 24.5 Å². The Bertz CT molecular complexity index is 355. The van der Waals surface area contributed by atoms with Gasteiger partial charge in [0.25, 0.3) is 0 Å². The molecule has 2 heterocycles. The van der Waals surface area contributed by atoms with Gasteiger partial charge in [0.1, 0.15) is 5.75 Å². The molecule has 13 heavy (non-hydrogen) atoms. The van der Waals surface area contributed by atoms with Crippen LogP contribution < -0.4 is 4.74 Å². The van der Waals surface area contributed by atoms with Crippen molar-refractivity contribution in [2.24, 2.45) is 0 Å². The summed E-state index contributed by atoms with van der Waals surface area (Å²) in [6, 6.07) is 0. The number of rotatable bonds is 1. The highest BCUT2D eigenvalue weighted by Gasteiger charge is 2.17. The number of fused-ring (bicyclic) bond motifs is 1. The summed E-state index contributed by atoms with van der Waals surface area (Å²) in [5.74, 6) is 0.996. The molecule has 1 aromatic rings. The smallest absolute Gasteiger partial charge is 0.144 e. The first-order valence-electron chi connectivity index (χ1n) is 4.57. The summed E-state index contributed by atoms with van der Waals surface area (Å²) in [7, 11) is 0. The van der Waals surface area contributed by atoms with Crippen molar-refractivity contribution < 1.29 is 4.74 Å². The molecule has 0 saturated heterocycles. The Morgan fingerprint density at radius 3 is 3.15 bits per heavy atom. The average Bonchev–Trinajstić information content (AvgIpc) is 2.59. The molecule has 0 fully saturated rings. The largest absolute Gasteiger partial charge is 0.491 e. The number of pyridine rings is 1. The Morgan fingerprint density at radius 2 is 2.38 bits per heavy atom. The lowest BCUT2D eigenvalue weighted by molar-refractivity contribution is 0.353. The molecule has 2 rings (SSSR count). The maximum absolute atomic E-state index is 5.52. The SMILES string of the molecule is CC=Cc1cnc(C)c2c1CCO2. The molecule has 2 heteroatoms. The number of hydrogen-bond donors (Lipinski definition) is 0. The zero-order valence-corrected chi connectivity index (χ0v) is 8.00. The number of nitrogens with zero attached hydrogens (tertiary/aromatic N) is 1. The van der Waals surface area contributed by atoms with Crippen molar-refractivity contribution in [1.82, 2.24) is 4.98 Å². The Morgan fingerprint density at radius 1 is 1.54 bits per heavy atom. The second-order valence-electron chi connectivity index (χ2n) is 3.21. The van der Waals surface area contributed by atoms with E-state index in [0.29, 0.717) is 0 Å². The third-order valence-electron chi connectivity index (χ3n) is 2.29. The number of hydrogen-bond acceptors (Lipinski definition) is 2. The molecule has 68 valence electrons. The highest BCUT2D eigenvalue weighted by atomic mass is 16.5. The summed E-state index contributed by atoms with van der Waals surface area (Å²) in [4.78, 5) is 4.29. The van der Waals surface area contributed by atoms with E-state index in [4.69, 9.17) is 4.74 Å². The fraction of sp³-hybridized carbons (Fsp3) is 0.364. The van der Waals surface area contributed by atoms with E-state index in [1.165, 1.54) is 11.1 Å².